The van der Waals surface area contributed by atoms with E-state index in [1.54, 1.807) is 0 Å². The Morgan fingerprint density at radius 2 is 1.88 bits per heavy atom. The van der Waals surface area contributed by atoms with Crippen LogP contribution in [0.1, 0.15) is 30.3 Å². The molecule has 1 aromatic carbocycles. The minimum absolute atomic E-state index is 0.539. The second kappa shape index (κ2) is 6.21. The van der Waals surface area contributed by atoms with Crippen LogP contribution >= 0.6 is 0 Å². The highest BCUT2D eigenvalue weighted by Crippen LogP contribution is 2.28. The SMILES string of the molecule is Cn1c(CN2CCC(c3ccnc4ccnn34)CC2)nc2ccccc21. The smallest absolute Gasteiger partial charge is 0.155 e. The number of aromatic nitrogens is 5. The van der Waals surface area contributed by atoms with E-state index in [4.69, 9.17) is 4.98 Å². The topological polar surface area (TPSA) is 51.2 Å². The number of benzene rings is 1. The van der Waals surface area contributed by atoms with E-state index in [0.717, 1.165) is 49.5 Å². The summed E-state index contributed by atoms with van der Waals surface area (Å²) in [6.07, 6.45) is 6.01. The van der Waals surface area contributed by atoms with Gasteiger partial charge >= 0.3 is 0 Å². The summed E-state index contributed by atoms with van der Waals surface area (Å²) in [6.45, 7) is 3.07. The Morgan fingerprint density at radius 3 is 2.73 bits per heavy atom. The van der Waals surface area contributed by atoms with Gasteiger partial charge < -0.3 is 4.57 Å². The zero-order valence-corrected chi connectivity index (χ0v) is 14.9. The van der Waals surface area contributed by atoms with Crippen molar-refractivity contribution in [1.29, 1.82) is 0 Å². The molecule has 4 aromatic rings. The molecule has 0 unspecified atom stereocenters. The molecule has 3 aromatic heterocycles. The van der Waals surface area contributed by atoms with E-state index in [-0.39, 0.29) is 0 Å². The molecule has 0 aliphatic carbocycles. The normalized spacial score (nSPS) is 16.7. The van der Waals surface area contributed by atoms with Gasteiger partial charge in [0.05, 0.1) is 23.8 Å². The lowest BCUT2D eigenvalue weighted by atomic mass is 9.93. The molecule has 26 heavy (non-hydrogen) atoms. The summed E-state index contributed by atoms with van der Waals surface area (Å²) in [5.41, 5.74) is 4.50. The molecule has 1 aliphatic heterocycles. The molecular formula is C20H22N6. The van der Waals surface area contributed by atoms with Gasteiger partial charge in [0.1, 0.15) is 5.82 Å². The molecule has 0 radical (unpaired) electrons. The summed E-state index contributed by atoms with van der Waals surface area (Å²) in [6, 6.07) is 12.4. The maximum Gasteiger partial charge on any atom is 0.155 e. The van der Waals surface area contributed by atoms with Crippen molar-refractivity contribution in [2.75, 3.05) is 13.1 Å². The highest BCUT2D eigenvalue weighted by Gasteiger charge is 2.24. The maximum atomic E-state index is 4.82. The molecule has 1 aliphatic rings. The lowest BCUT2D eigenvalue weighted by molar-refractivity contribution is 0.197. The van der Waals surface area contributed by atoms with Crippen molar-refractivity contribution in [1.82, 2.24) is 29.0 Å². The van der Waals surface area contributed by atoms with Crippen molar-refractivity contribution in [3.05, 3.63) is 60.3 Å². The van der Waals surface area contributed by atoms with E-state index >= 15 is 0 Å². The predicted octanol–water partition coefficient (Wildman–Crippen LogP) is 3.00. The third-order valence-electron chi connectivity index (χ3n) is 5.57. The molecule has 6 heteroatoms. The van der Waals surface area contributed by atoms with Crippen molar-refractivity contribution in [2.24, 2.45) is 7.05 Å². The van der Waals surface area contributed by atoms with E-state index in [1.807, 2.05) is 23.0 Å². The van der Waals surface area contributed by atoms with Crippen LogP contribution in [-0.2, 0) is 13.6 Å². The second-order valence-corrected chi connectivity index (χ2v) is 7.10. The summed E-state index contributed by atoms with van der Waals surface area (Å²) in [4.78, 5) is 11.7. The zero-order valence-electron chi connectivity index (χ0n) is 14.9. The van der Waals surface area contributed by atoms with Crippen LogP contribution in [0.5, 0.6) is 0 Å². The van der Waals surface area contributed by atoms with Crippen molar-refractivity contribution in [3.8, 4) is 0 Å². The molecule has 0 bridgehead atoms. The van der Waals surface area contributed by atoms with Crippen LogP contribution in [-0.4, -0.2) is 42.1 Å². The Kier molecular flexibility index (Phi) is 3.71. The molecule has 0 N–H and O–H groups in total. The van der Waals surface area contributed by atoms with Crippen LogP contribution in [0.3, 0.4) is 0 Å². The minimum Gasteiger partial charge on any atom is -0.330 e. The number of nitrogens with zero attached hydrogens (tertiary/aromatic N) is 6. The fraction of sp³-hybridized carbons (Fsp3) is 0.350. The quantitative estimate of drug-likeness (QED) is 0.572. The van der Waals surface area contributed by atoms with Crippen molar-refractivity contribution in [3.63, 3.8) is 0 Å². The molecule has 0 atom stereocenters. The van der Waals surface area contributed by atoms with Crippen molar-refractivity contribution < 1.29 is 0 Å². The second-order valence-electron chi connectivity index (χ2n) is 7.10. The number of para-hydroxylation sites is 2. The summed E-state index contributed by atoms with van der Waals surface area (Å²) in [5.74, 6) is 1.68. The van der Waals surface area contributed by atoms with Gasteiger partial charge in [-0.3, -0.25) is 4.90 Å². The summed E-state index contributed by atoms with van der Waals surface area (Å²) in [7, 11) is 2.11. The highest BCUT2D eigenvalue weighted by atomic mass is 15.3. The predicted molar refractivity (Wildman–Crippen MR) is 101 cm³/mol. The Bertz CT molecular complexity index is 1050. The minimum atomic E-state index is 0.539. The Morgan fingerprint density at radius 1 is 1.04 bits per heavy atom. The van der Waals surface area contributed by atoms with Crippen LogP contribution in [0.2, 0.25) is 0 Å². The van der Waals surface area contributed by atoms with Crippen LogP contribution < -0.4 is 0 Å². The van der Waals surface area contributed by atoms with Crippen LogP contribution in [0.25, 0.3) is 16.7 Å². The van der Waals surface area contributed by atoms with E-state index < -0.39 is 0 Å². The number of piperidine rings is 1. The first-order valence-electron chi connectivity index (χ1n) is 9.21. The standard InChI is InChI=1S/C20H22N6/c1-24-18-5-3-2-4-16(18)23-20(24)14-25-12-8-15(9-13-25)17-6-10-21-19-7-11-22-26(17)19/h2-7,10-11,15H,8-9,12-14H2,1H3. The molecule has 0 saturated carbocycles. The fourth-order valence-corrected chi connectivity index (χ4v) is 4.09. The van der Waals surface area contributed by atoms with Crippen LogP contribution in [0.4, 0.5) is 0 Å². The van der Waals surface area contributed by atoms with E-state index in [2.05, 4.69) is 56.9 Å². The zero-order chi connectivity index (χ0) is 17.5. The number of imidazole rings is 1. The molecule has 1 saturated heterocycles. The Hall–Kier alpha value is -2.73. The summed E-state index contributed by atoms with van der Waals surface area (Å²) in [5, 5.41) is 4.44. The number of hydrogen-bond donors (Lipinski definition) is 0. The van der Waals surface area contributed by atoms with Gasteiger partial charge in [-0.1, -0.05) is 12.1 Å². The molecule has 0 spiro atoms. The molecule has 5 rings (SSSR count). The lowest BCUT2D eigenvalue weighted by Crippen LogP contribution is -2.33. The molecule has 4 heterocycles. The molecular weight excluding hydrogens is 324 g/mol. The van der Waals surface area contributed by atoms with Gasteiger partial charge in [-0.25, -0.2) is 14.5 Å². The first-order chi connectivity index (χ1) is 12.8. The van der Waals surface area contributed by atoms with Gasteiger partial charge in [-0.05, 0) is 44.1 Å². The monoisotopic (exact) mass is 346 g/mol. The van der Waals surface area contributed by atoms with E-state index in [9.17, 15) is 0 Å². The number of likely N-dealkylation sites (tertiary alicyclic amines) is 1. The molecule has 132 valence electrons. The average Bonchev–Trinajstić information content (AvgIpc) is 3.28. The Balaban J connectivity index is 1.31. The van der Waals surface area contributed by atoms with Crippen molar-refractivity contribution >= 4 is 16.7 Å². The Labute approximate surface area is 152 Å². The largest absolute Gasteiger partial charge is 0.330 e. The lowest BCUT2D eigenvalue weighted by Gasteiger charge is -2.31. The third kappa shape index (κ3) is 2.57. The van der Waals surface area contributed by atoms with Gasteiger partial charge in [0.2, 0.25) is 0 Å². The van der Waals surface area contributed by atoms with E-state index in [0.29, 0.717) is 5.92 Å². The average molecular weight is 346 g/mol. The summed E-state index contributed by atoms with van der Waals surface area (Å²) >= 11 is 0. The molecule has 1 fully saturated rings. The van der Waals surface area contributed by atoms with Gasteiger partial charge in [-0.2, -0.15) is 5.10 Å². The maximum absolute atomic E-state index is 4.82. The first kappa shape index (κ1) is 15.5. The van der Waals surface area contributed by atoms with Gasteiger partial charge in [0, 0.05) is 30.9 Å². The third-order valence-corrected chi connectivity index (χ3v) is 5.57. The summed E-state index contributed by atoms with van der Waals surface area (Å²) < 4.78 is 4.21. The van der Waals surface area contributed by atoms with Crippen LogP contribution in [0.15, 0.2) is 48.8 Å². The van der Waals surface area contributed by atoms with Gasteiger partial charge in [-0.15, -0.1) is 0 Å². The molecule has 6 nitrogen and oxygen atoms in total. The van der Waals surface area contributed by atoms with Crippen LogP contribution in [0, 0.1) is 0 Å². The highest BCUT2D eigenvalue weighted by molar-refractivity contribution is 5.75. The number of rotatable bonds is 3. The number of aryl methyl sites for hydroxylation is 1. The fourth-order valence-electron chi connectivity index (χ4n) is 4.09. The van der Waals surface area contributed by atoms with E-state index in [1.165, 1.54) is 11.2 Å². The molecule has 0 amide bonds. The number of fused-ring (bicyclic) bond motifs is 2. The first-order valence-corrected chi connectivity index (χ1v) is 9.21. The van der Waals surface area contributed by atoms with Gasteiger partial charge in [0.25, 0.3) is 0 Å². The van der Waals surface area contributed by atoms with Crippen molar-refractivity contribution in [2.45, 2.75) is 25.3 Å². The number of hydrogen-bond acceptors (Lipinski definition) is 4. The van der Waals surface area contributed by atoms with Gasteiger partial charge in [0.15, 0.2) is 5.65 Å².